The van der Waals surface area contributed by atoms with Crippen molar-refractivity contribution in [1.82, 2.24) is 19.8 Å². The largest absolute Gasteiger partial charge is 0.433 e. The van der Waals surface area contributed by atoms with Crippen LogP contribution in [-0.4, -0.2) is 52.0 Å². The van der Waals surface area contributed by atoms with Crippen LogP contribution in [0.5, 0.6) is 0 Å². The minimum atomic E-state index is -4.54. The van der Waals surface area contributed by atoms with Gasteiger partial charge in [-0.1, -0.05) is 6.07 Å². The zero-order valence-electron chi connectivity index (χ0n) is 14.1. The van der Waals surface area contributed by atoms with Gasteiger partial charge in [-0.15, -0.1) is 11.3 Å². The Kier molecular flexibility index (Phi) is 5.42. The second-order valence-corrected chi connectivity index (χ2v) is 7.02. The molecule has 0 radical (unpaired) electrons. The third-order valence-electron chi connectivity index (χ3n) is 3.99. The molecule has 0 aliphatic carbocycles. The molecule has 3 heterocycles. The molecule has 140 valence electrons. The Bertz CT molecular complexity index is 771. The van der Waals surface area contributed by atoms with Gasteiger partial charge in [0.2, 0.25) is 0 Å². The lowest BCUT2D eigenvalue weighted by molar-refractivity contribution is -0.141. The average molecular weight is 385 g/mol. The molecule has 1 N–H and O–H groups in total. The number of carbonyl (C=O) groups excluding carboxylic acids is 1. The molecule has 0 saturated carbocycles. The van der Waals surface area contributed by atoms with Crippen molar-refractivity contribution in [2.75, 3.05) is 31.5 Å². The van der Waals surface area contributed by atoms with Gasteiger partial charge in [0.15, 0.2) is 0 Å². The van der Waals surface area contributed by atoms with Gasteiger partial charge in [0.1, 0.15) is 11.5 Å². The number of anilines is 1. The van der Waals surface area contributed by atoms with Crippen LogP contribution < -0.4 is 5.32 Å². The monoisotopic (exact) mass is 385 g/mol. The number of urea groups is 1. The molecule has 1 aliphatic rings. The van der Waals surface area contributed by atoms with Gasteiger partial charge < -0.3 is 4.90 Å². The van der Waals surface area contributed by atoms with Crippen LogP contribution in [0.4, 0.5) is 23.8 Å². The van der Waals surface area contributed by atoms with E-state index in [-0.39, 0.29) is 5.82 Å². The summed E-state index contributed by atoms with van der Waals surface area (Å²) in [6.45, 7) is 5.04. The second kappa shape index (κ2) is 7.58. The molecule has 1 aliphatic heterocycles. The van der Waals surface area contributed by atoms with E-state index in [2.05, 4.69) is 20.2 Å². The number of carbonyl (C=O) groups is 1. The summed E-state index contributed by atoms with van der Waals surface area (Å²) < 4.78 is 38.1. The standard InChI is InChI=1S/C16H18F3N5OS/c1-11-20-12(10-26-11)9-23-5-7-24(8-6-23)15(25)22-14-4-2-3-13(21-14)16(17,18)19/h2-4,10H,5-9H2,1H3,(H,21,22,25). The highest BCUT2D eigenvalue weighted by molar-refractivity contribution is 7.09. The number of rotatable bonds is 3. The van der Waals surface area contributed by atoms with E-state index in [1.807, 2.05) is 12.3 Å². The van der Waals surface area contributed by atoms with E-state index in [0.717, 1.165) is 23.3 Å². The predicted octanol–water partition coefficient (Wildman–Crippen LogP) is 3.22. The lowest BCUT2D eigenvalue weighted by Crippen LogP contribution is -2.49. The SMILES string of the molecule is Cc1nc(CN2CCN(C(=O)Nc3cccc(C(F)(F)F)n3)CC2)cs1. The maximum atomic E-state index is 12.7. The number of nitrogens with zero attached hydrogens (tertiary/aromatic N) is 4. The molecule has 2 amide bonds. The fourth-order valence-corrected chi connectivity index (χ4v) is 3.27. The molecule has 10 heteroatoms. The molecule has 6 nitrogen and oxygen atoms in total. The van der Waals surface area contributed by atoms with E-state index >= 15 is 0 Å². The van der Waals surface area contributed by atoms with Crippen molar-refractivity contribution in [1.29, 1.82) is 0 Å². The van der Waals surface area contributed by atoms with Crippen molar-refractivity contribution >= 4 is 23.2 Å². The number of hydrogen-bond acceptors (Lipinski definition) is 5. The molecular formula is C16H18F3N5OS. The summed E-state index contributed by atoms with van der Waals surface area (Å²) in [6, 6.07) is 2.99. The highest BCUT2D eigenvalue weighted by Crippen LogP contribution is 2.28. The number of amides is 2. The van der Waals surface area contributed by atoms with Crippen LogP contribution in [0, 0.1) is 6.92 Å². The third kappa shape index (κ3) is 4.70. The first-order chi connectivity index (χ1) is 12.3. The summed E-state index contributed by atoms with van der Waals surface area (Å²) >= 11 is 1.60. The molecule has 0 atom stereocenters. The summed E-state index contributed by atoms with van der Waals surface area (Å²) in [5, 5.41) is 5.48. The Balaban J connectivity index is 1.52. The maximum absolute atomic E-state index is 12.7. The average Bonchev–Trinajstić information content (AvgIpc) is 3.00. The quantitative estimate of drug-likeness (QED) is 0.881. The summed E-state index contributed by atoms with van der Waals surface area (Å²) in [5.41, 5.74) is -0.0164. The van der Waals surface area contributed by atoms with Crippen LogP contribution in [0.3, 0.4) is 0 Å². The minimum absolute atomic E-state index is 0.106. The molecule has 0 unspecified atom stereocenters. The number of aromatic nitrogens is 2. The number of piperazine rings is 1. The Labute approximate surface area is 152 Å². The summed E-state index contributed by atoms with van der Waals surface area (Å²) in [7, 11) is 0. The van der Waals surface area contributed by atoms with Crippen molar-refractivity contribution in [3.05, 3.63) is 40.0 Å². The topological polar surface area (TPSA) is 61.4 Å². The smallest absolute Gasteiger partial charge is 0.322 e. The van der Waals surface area contributed by atoms with Crippen LogP contribution in [0.2, 0.25) is 0 Å². The van der Waals surface area contributed by atoms with Crippen LogP contribution >= 0.6 is 11.3 Å². The van der Waals surface area contributed by atoms with E-state index in [1.54, 1.807) is 16.2 Å². The molecule has 2 aromatic rings. The Hall–Kier alpha value is -2.20. The lowest BCUT2D eigenvalue weighted by atomic mass is 10.3. The minimum Gasteiger partial charge on any atom is -0.322 e. The normalized spacial score (nSPS) is 15.9. The number of aryl methyl sites for hydroxylation is 1. The predicted molar refractivity (Wildman–Crippen MR) is 92.0 cm³/mol. The Morgan fingerprint density at radius 1 is 1.23 bits per heavy atom. The van der Waals surface area contributed by atoms with Gasteiger partial charge in [0.05, 0.1) is 10.7 Å². The van der Waals surface area contributed by atoms with Crippen LogP contribution in [-0.2, 0) is 12.7 Å². The molecule has 1 fully saturated rings. The molecule has 0 aromatic carbocycles. The molecule has 3 rings (SSSR count). The van der Waals surface area contributed by atoms with Crippen molar-refractivity contribution in [3.8, 4) is 0 Å². The first-order valence-corrected chi connectivity index (χ1v) is 8.93. The highest BCUT2D eigenvalue weighted by atomic mass is 32.1. The van der Waals surface area contributed by atoms with Gasteiger partial charge in [-0.2, -0.15) is 13.2 Å². The summed E-state index contributed by atoms with van der Waals surface area (Å²) in [6.07, 6.45) is -4.54. The van der Waals surface area contributed by atoms with Crippen molar-refractivity contribution in [3.63, 3.8) is 0 Å². The van der Waals surface area contributed by atoms with E-state index in [9.17, 15) is 18.0 Å². The first-order valence-electron chi connectivity index (χ1n) is 8.05. The van der Waals surface area contributed by atoms with Gasteiger partial charge in [-0.3, -0.25) is 10.2 Å². The lowest BCUT2D eigenvalue weighted by Gasteiger charge is -2.34. The molecule has 1 saturated heterocycles. The van der Waals surface area contributed by atoms with E-state index in [0.29, 0.717) is 26.2 Å². The van der Waals surface area contributed by atoms with E-state index < -0.39 is 17.9 Å². The Morgan fingerprint density at radius 3 is 2.58 bits per heavy atom. The number of pyridine rings is 1. The highest BCUT2D eigenvalue weighted by Gasteiger charge is 2.32. The summed E-state index contributed by atoms with van der Waals surface area (Å²) in [5.74, 6) is -0.106. The van der Waals surface area contributed by atoms with Gasteiger partial charge in [0.25, 0.3) is 0 Å². The Morgan fingerprint density at radius 2 is 1.96 bits per heavy atom. The van der Waals surface area contributed by atoms with Gasteiger partial charge in [0, 0.05) is 38.1 Å². The van der Waals surface area contributed by atoms with Crippen molar-refractivity contribution in [2.45, 2.75) is 19.6 Å². The van der Waals surface area contributed by atoms with Crippen LogP contribution in [0.25, 0.3) is 0 Å². The fourth-order valence-electron chi connectivity index (χ4n) is 2.67. The molecule has 0 bridgehead atoms. The van der Waals surface area contributed by atoms with Crippen LogP contribution in [0.15, 0.2) is 23.6 Å². The molecule has 0 spiro atoms. The zero-order chi connectivity index (χ0) is 18.7. The fraction of sp³-hybridized carbons (Fsp3) is 0.438. The number of alkyl halides is 3. The third-order valence-corrected chi connectivity index (χ3v) is 4.81. The van der Waals surface area contributed by atoms with Crippen LogP contribution in [0.1, 0.15) is 16.4 Å². The first kappa shape index (κ1) is 18.6. The van der Waals surface area contributed by atoms with E-state index in [1.165, 1.54) is 12.1 Å². The number of halogens is 3. The van der Waals surface area contributed by atoms with E-state index in [4.69, 9.17) is 0 Å². The number of nitrogens with one attached hydrogen (secondary N) is 1. The second-order valence-electron chi connectivity index (χ2n) is 5.96. The zero-order valence-corrected chi connectivity index (χ0v) is 14.9. The number of thiazole rings is 1. The van der Waals surface area contributed by atoms with Crippen molar-refractivity contribution in [2.24, 2.45) is 0 Å². The summed E-state index contributed by atoms with van der Waals surface area (Å²) in [4.78, 5) is 23.9. The molecule has 26 heavy (non-hydrogen) atoms. The molecule has 2 aromatic heterocycles. The van der Waals surface area contributed by atoms with Gasteiger partial charge >= 0.3 is 12.2 Å². The van der Waals surface area contributed by atoms with Crippen molar-refractivity contribution < 1.29 is 18.0 Å². The van der Waals surface area contributed by atoms with Gasteiger partial charge in [-0.05, 0) is 19.1 Å². The van der Waals surface area contributed by atoms with Gasteiger partial charge in [-0.25, -0.2) is 14.8 Å². The number of hydrogen-bond donors (Lipinski definition) is 1. The molecular weight excluding hydrogens is 367 g/mol. The maximum Gasteiger partial charge on any atom is 0.433 e.